The number of nitrogens with zero attached hydrogens (tertiary/aromatic N) is 1. The molecular formula is C33H35N3O4S. The molecule has 0 aliphatic carbocycles. The molecule has 4 aromatic carbocycles. The quantitative estimate of drug-likeness (QED) is 0.234. The normalized spacial score (nSPS) is 11.2. The van der Waals surface area contributed by atoms with E-state index >= 15 is 0 Å². The lowest BCUT2D eigenvalue weighted by atomic mass is 10.0. The number of aryl methyl sites for hydroxylation is 1. The third-order valence-corrected chi connectivity index (χ3v) is 8.52. The number of anilines is 2. The summed E-state index contributed by atoms with van der Waals surface area (Å²) in [6, 6.07) is 30.2. The Morgan fingerprint density at radius 3 is 2.10 bits per heavy atom. The molecule has 0 radical (unpaired) electrons. The lowest BCUT2D eigenvalue weighted by Crippen LogP contribution is -2.38. The maximum absolute atomic E-state index is 13.7. The fourth-order valence-electron chi connectivity index (χ4n) is 4.35. The summed E-state index contributed by atoms with van der Waals surface area (Å²) in [5.74, 6) is -0.631. The van der Waals surface area contributed by atoms with E-state index in [1.807, 2.05) is 49.4 Å². The largest absolute Gasteiger partial charge is 0.352 e. The summed E-state index contributed by atoms with van der Waals surface area (Å²) < 4.78 is 28.6. The molecule has 0 atom stereocenters. The predicted molar refractivity (Wildman–Crippen MR) is 164 cm³/mol. The molecule has 0 bridgehead atoms. The number of carbonyl (C=O) groups excluding carboxylic acids is 2. The molecular weight excluding hydrogens is 534 g/mol. The minimum atomic E-state index is -4.06. The molecule has 2 amide bonds. The zero-order valence-electron chi connectivity index (χ0n) is 23.5. The Balaban J connectivity index is 1.54. The van der Waals surface area contributed by atoms with Crippen molar-refractivity contribution in [3.63, 3.8) is 0 Å². The number of carbonyl (C=O) groups is 2. The molecule has 4 rings (SSSR count). The Kier molecular flexibility index (Phi) is 9.57. The highest BCUT2D eigenvalue weighted by molar-refractivity contribution is 7.92. The number of rotatable bonds is 11. The Labute approximate surface area is 242 Å². The molecule has 7 nitrogen and oxygen atoms in total. The van der Waals surface area contributed by atoms with Crippen LogP contribution in [0.5, 0.6) is 0 Å². The Morgan fingerprint density at radius 2 is 1.44 bits per heavy atom. The van der Waals surface area contributed by atoms with E-state index in [2.05, 4.69) is 24.5 Å². The van der Waals surface area contributed by atoms with E-state index in [-0.39, 0.29) is 16.7 Å². The number of para-hydroxylation sites is 1. The molecule has 0 unspecified atom stereocenters. The van der Waals surface area contributed by atoms with Crippen molar-refractivity contribution < 1.29 is 18.0 Å². The van der Waals surface area contributed by atoms with E-state index in [1.54, 1.807) is 48.5 Å². The number of amides is 2. The minimum absolute atomic E-state index is 0.0852. The van der Waals surface area contributed by atoms with Gasteiger partial charge in [-0.1, -0.05) is 86.1 Å². The number of benzene rings is 4. The summed E-state index contributed by atoms with van der Waals surface area (Å²) in [6.45, 7) is 5.94. The van der Waals surface area contributed by atoms with Gasteiger partial charge in [-0.05, 0) is 66.8 Å². The molecule has 212 valence electrons. The highest BCUT2D eigenvalue weighted by Gasteiger charge is 2.28. The second-order valence-corrected chi connectivity index (χ2v) is 12.0. The SMILES string of the molecule is Cc1ccc(S(=O)(=O)N(CC(=O)Nc2ccccc2C(=O)NCCc2ccccc2)c2ccc(C(C)C)cc2)cc1. The zero-order valence-corrected chi connectivity index (χ0v) is 24.3. The fourth-order valence-corrected chi connectivity index (χ4v) is 5.77. The van der Waals surface area contributed by atoms with Gasteiger partial charge in [0, 0.05) is 6.54 Å². The van der Waals surface area contributed by atoms with E-state index in [9.17, 15) is 18.0 Å². The lowest BCUT2D eigenvalue weighted by molar-refractivity contribution is -0.114. The van der Waals surface area contributed by atoms with Gasteiger partial charge in [-0.2, -0.15) is 0 Å². The van der Waals surface area contributed by atoms with Gasteiger partial charge in [0.05, 0.1) is 21.8 Å². The van der Waals surface area contributed by atoms with Crippen LogP contribution < -0.4 is 14.9 Å². The third-order valence-electron chi connectivity index (χ3n) is 6.73. The van der Waals surface area contributed by atoms with Gasteiger partial charge in [-0.25, -0.2) is 8.42 Å². The maximum Gasteiger partial charge on any atom is 0.264 e. The number of sulfonamides is 1. The predicted octanol–water partition coefficient (Wildman–Crippen LogP) is 5.92. The Hall–Kier alpha value is -4.43. The number of nitrogens with one attached hydrogen (secondary N) is 2. The molecule has 0 fully saturated rings. The Morgan fingerprint density at radius 1 is 0.805 bits per heavy atom. The van der Waals surface area contributed by atoms with Crippen LogP contribution in [0.3, 0.4) is 0 Å². The first-order chi connectivity index (χ1) is 19.6. The van der Waals surface area contributed by atoms with Crippen LogP contribution >= 0.6 is 0 Å². The molecule has 0 heterocycles. The van der Waals surface area contributed by atoms with Crippen LogP contribution in [0, 0.1) is 6.92 Å². The van der Waals surface area contributed by atoms with Crippen LogP contribution in [0.1, 0.15) is 46.8 Å². The summed E-state index contributed by atoms with van der Waals surface area (Å²) in [4.78, 5) is 26.4. The van der Waals surface area contributed by atoms with Gasteiger partial charge in [0.1, 0.15) is 6.54 Å². The van der Waals surface area contributed by atoms with Crippen LogP contribution in [-0.2, 0) is 21.2 Å². The van der Waals surface area contributed by atoms with E-state index in [0.717, 1.165) is 21.0 Å². The van der Waals surface area contributed by atoms with Crippen molar-refractivity contribution in [3.05, 3.63) is 125 Å². The van der Waals surface area contributed by atoms with Crippen LogP contribution in [0.25, 0.3) is 0 Å². The van der Waals surface area contributed by atoms with Crippen molar-refractivity contribution in [2.45, 2.75) is 38.0 Å². The minimum Gasteiger partial charge on any atom is -0.352 e. The average molecular weight is 570 g/mol. The monoisotopic (exact) mass is 569 g/mol. The van der Waals surface area contributed by atoms with Gasteiger partial charge < -0.3 is 10.6 Å². The van der Waals surface area contributed by atoms with Crippen LogP contribution in [0.15, 0.2) is 108 Å². The topological polar surface area (TPSA) is 95.6 Å². The standard InChI is InChI=1S/C33H35N3O4S/c1-24(2)27-15-17-28(18-16-27)36(41(39,40)29-19-13-25(3)14-20-29)23-32(37)35-31-12-8-7-11-30(31)33(38)34-22-21-26-9-5-4-6-10-26/h4-20,24H,21-23H2,1-3H3,(H,34,38)(H,35,37). The molecule has 0 saturated heterocycles. The first-order valence-electron chi connectivity index (χ1n) is 13.6. The molecule has 0 saturated carbocycles. The number of hydrogen-bond donors (Lipinski definition) is 2. The second-order valence-electron chi connectivity index (χ2n) is 10.2. The van der Waals surface area contributed by atoms with Crippen LogP contribution in [-0.4, -0.2) is 33.3 Å². The second kappa shape index (κ2) is 13.3. The van der Waals surface area contributed by atoms with Crippen LogP contribution in [0.4, 0.5) is 11.4 Å². The van der Waals surface area contributed by atoms with E-state index in [1.165, 1.54) is 12.1 Å². The van der Waals surface area contributed by atoms with E-state index < -0.39 is 22.5 Å². The molecule has 4 aromatic rings. The first-order valence-corrected chi connectivity index (χ1v) is 15.0. The van der Waals surface area contributed by atoms with Crippen molar-refractivity contribution in [2.24, 2.45) is 0 Å². The summed E-state index contributed by atoms with van der Waals surface area (Å²) in [5.41, 5.74) is 4.05. The fraction of sp³-hybridized carbons (Fsp3) is 0.212. The maximum atomic E-state index is 13.7. The zero-order chi connectivity index (χ0) is 29.4. The molecule has 2 N–H and O–H groups in total. The van der Waals surface area contributed by atoms with Crippen LogP contribution in [0.2, 0.25) is 0 Å². The average Bonchev–Trinajstić information content (AvgIpc) is 2.97. The van der Waals surface area contributed by atoms with Gasteiger partial charge in [0.25, 0.3) is 15.9 Å². The first kappa shape index (κ1) is 29.6. The summed E-state index contributed by atoms with van der Waals surface area (Å²) >= 11 is 0. The van der Waals surface area contributed by atoms with Gasteiger partial charge in [-0.3, -0.25) is 13.9 Å². The highest BCUT2D eigenvalue weighted by Crippen LogP contribution is 2.26. The summed E-state index contributed by atoms with van der Waals surface area (Å²) in [5, 5.41) is 5.65. The van der Waals surface area contributed by atoms with Crippen molar-refractivity contribution in [1.29, 1.82) is 0 Å². The molecule has 0 aliphatic heterocycles. The third kappa shape index (κ3) is 7.61. The summed E-state index contributed by atoms with van der Waals surface area (Å²) in [7, 11) is -4.06. The van der Waals surface area contributed by atoms with Crippen molar-refractivity contribution in [2.75, 3.05) is 22.7 Å². The van der Waals surface area contributed by atoms with Crippen molar-refractivity contribution in [3.8, 4) is 0 Å². The van der Waals surface area contributed by atoms with Crippen molar-refractivity contribution >= 4 is 33.2 Å². The smallest absolute Gasteiger partial charge is 0.264 e. The molecule has 0 spiro atoms. The van der Waals surface area contributed by atoms with E-state index in [4.69, 9.17) is 0 Å². The highest BCUT2D eigenvalue weighted by atomic mass is 32.2. The molecule has 0 aliphatic rings. The number of hydrogen-bond acceptors (Lipinski definition) is 4. The van der Waals surface area contributed by atoms with Gasteiger partial charge in [0.15, 0.2) is 0 Å². The van der Waals surface area contributed by atoms with E-state index in [0.29, 0.717) is 29.9 Å². The van der Waals surface area contributed by atoms with Gasteiger partial charge in [-0.15, -0.1) is 0 Å². The van der Waals surface area contributed by atoms with Gasteiger partial charge in [0.2, 0.25) is 5.91 Å². The summed E-state index contributed by atoms with van der Waals surface area (Å²) in [6.07, 6.45) is 0.669. The Bertz CT molecular complexity index is 1580. The van der Waals surface area contributed by atoms with Crippen molar-refractivity contribution in [1.82, 2.24) is 5.32 Å². The van der Waals surface area contributed by atoms with Gasteiger partial charge >= 0.3 is 0 Å². The molecule has 8 heteroatoms. The molecule has 41 heavy (non-hydrogen) atoms. The molecule has 0 aromatic heterocycles. The lowest BCUT2D eigenvalue weighted by Gasteiger charge is -2.25.